The van der Waals surface area contributed by atoms with E-state index in [2.05, 4.69) is 0 Å². The van der Waals surface area contributed by atoms with Crippen molar-refractivity contribution in [1.29, 1.82) is 0 Å². The van der Waals surface area contributed by atoms with E-state index in [1.54, 1.807) is 31.2 Å². The molecule has 0 saturated heterocycles. The summed E-state index contributed by atoms with van der Waals surface area (Å²) in [7, 11) is 0. The van der Waals surface area contributed by atoms with Gasteiger partial charge in [-0.15, -0.1) is 0 Å². The summed E-state index contributed by atoms with van der Waals surface area (Å²) in [6, 6.07) is 8.28. The lowest BCUT2D eigenvalue weighted by molar-refractivity contribution is 0.0925. The molecule has 118 valence electrons. The van der Waals surface area contributed by atoms with Crippen molar-refractivity contribution >= 4 is 17.5 Å². The number of amides is 2. The van der Waals surface area contributed by atoms with Crippen LogP contribution in [0.25, 0.3) is 0 Å². The van der Waals surface area contributed by atoms with Crippen LogP contribution in [0, 0.1) is 12.7 Å². The van der Waals surface area contributed by atoms with Crippen LogP contribution in [0.1, 0.15) is 51.3 Å². The van der Waals surface area contributed by atoms with E-state index < -0.39 is 0 Å². The first-order chi connectivity index (χ1) is 11.0. The summed E-state index contributed by atoms with van der Waals surface area (Å²) >= 11 is 0. The van der Waals surface area contributed by atoms with Crippen molar-refractivity contribution in [3.8, 4) is 0 Å². The zero-order valence-electron chi connectivity index (χ0n) is 13.4. The van der Waals surface area contributed by atoms with E-state index in [9.17, 15) is 14.0 Å². The molecule has 0 bridgehead atoms. The fraction of sp³-hybridized carbons (Fsp3) is 0.263. The Morgan fingerprint density at radius 3 is 2.35 bits per heavy atom. The fourth-order valence-electron chi connectivity index (χ4n) is 3.22. The molecule has 1 aliphatic heterocycles. The smallest absolute Gasteiger partial charge is 0.266 e. The summed E-state index contributed by atoms with van der Waals surface area (Å²) in [5.74, 6) is -1.12. The molecule has 0 fully saturated rings. The molecule has 2 aromatic carbocycles. The lowest BCUT2D eigenvalue weighted by Crippen LogP contribution is -2.31. The van der Waals surface area contributed by atoms with E-state index >= 15 is 0 Å². The maximum absolute atomic E-state index is 14.2. The van der Waals surface area contributed by atoms with Gasteiger partial charge in [-0.3, -0.25) is 9.59 Å². The van der Waals surface area contributed by atoms with Gasteiger partial charge in [0.05, 0.1) is 16.8 Å². The number of nitrogens with zero attached hydrogens (tertiary/aromatic N) is 1. The van der Waals surface area contributed by atoms with Gasteiger partial charge in [-0.2, -0.15) is 0 Å². The highest BCUT2D eigenvalue weighted by Gasteiger charge is 2.39. The number of anilines is 1. The summed E-state index contributed by atoms with van der Waals surface area (Å²) in [6.45, 7) is 5.56. The Morgan fingerprint density at radius 1 is 1.00 bits per heavy atom. The number of carbonyl (C=O) groups excluding carboxylic acids is 2. The van der Waals surface area contributed by atoms with E-state index in [0.717, 1.165) is 16.0 Å². The van der Waals surface area contributed by atoms with E-state index in [-0.39, 0.29) is 17.6 Å². The monoisotopic (exact) mass is 311 g/mol. The van der Waals surface area contributed by atoms with Crippen LogP contribution in [0.15, 0.2) is 30.3 Å². The van der Waals surface area contributed by atoms with Gasteiger partial charge in [-0.25, -0.2) is 9.29 Å². The maximum Gasteiger partial charge on any atom is 0.266 e. The molecule has 1 aliphatic rings. The quantitative estimate of drug-likeness (QED) is 0.802. The molecule has 0 atom stereocenters. The highest BCUT2D eigenvalue weighted by Crippen LogP contribution is 2.36. The van der Waals surface area contributed by atoms with Gasteiger partial charge in [0.15, 0.2) is 0 Å². The van der Waals surface area contributed by atoms with Crippen LogP contribution in [-0.2, 0) is 12.8 Å². The number of carbonyl (C=O) groups is 2. The Bertz CT molecular complexity index is 826. The molecular weight excluding hydrogens is 293 g/mol. The molecule has 0 radical (unpaired) electrons. The normalized spacial score (nSPS) is 13.7. The van der Waals surface area contributed by atoms with Crippen molar-refractivity contribution in [1.82, 2.24) is 0 Å². The highest BCUT2D eigenvalue weighted by molar-refractivity contribution is 6.35. The first kappa shape index (κ1) is 15.4. The Morgan fingerprint density at radius 2 is 1.74 bits per heavy atom. The predicted molar refractivity (Wildman–Crippen MR) is 87.5 cm³/mol. The summed E-state index contributed by atoms with van der Waals surface area (Å²) in [4.78, 5) is 26.8. The number of halogens is 1. The molecule has 3 nitrogen and oxygen atoms in total. The number of fused-ring (bicyclic) bond motifs is 1. The van der Waals surface area contributed by atoms with Gasteiger partial charge in [-0.05, 0) is 43.0 Å². The molecule has 2 amide bonds. The van der Waals surface area contributed by atoms with Crippen LogP contribution in [0.3, 0.4) is 0 Å². The third kappa shape index (κ3) is 2.17. The van der Waals surface area contributed by atoms with E-state index in [1.807, 2.05) is 13.8 Å². The van der Waals surface area contributed by atoms with E-state index in [1.165, 1.54) is 6.07 Å². The number of imide groups is 1. The standard InChI is InChI=1S/C19H18FNO2/c1-4-12-9-10-15(20)13(5-2)17(12)21-18(22)14-8-6-7-11(3)16(14)19(21)23/h6-10H,4-5H2,1-3H3. The average Bonchev–Trinajstić information content (AvgIpc) is 2.79. The van der Waals surface area contributed by atoms with E-state index in [4.69, 9.17) is 0 Å². The third-order valence-corrected chi connectivity index (χ3v) is 4.39. The van der Waals surface area contributed by atoms with Crippen LogP contribution >= 0.6 is 0 Å². The van der Waals surface area contributed by atoms with Crippen molar-refractivity contribution in [3.05, 3.63) is 64.0 Å². The van der Waals surface area contributed by atoms with Crippen molar-refractivity contribution in [3.63, 3.8) is 0 Å². The minimum absolute atomic E-state index is 0.363. The van der Waals surface area contributed by atoms with Gasteiger partial charge in [0.2, 0.25) is 0 Å². The molecule has 0 N–H and O–H groups in total. The molecule has 23 heavy (non-hydrogen) atoms. The van der Waals surface area contributed by atoms with Gasteiger partial charge in [-0.1, -0.05) is 32.0 Å². The average molecular weight is 311 g/mol. The molecule has 1 heterocycles. The molecule has 4 heteroatoms. The van der Waals surface area contributed by atoms with Crippen LogP contribution in [0.5, 0.6) is 0 Å². The van der Waals surface area contributed by atoms with Crippen LogP contribution in [-0.4, -0.2) is 11.8 Å². The highest BCUT2D eigenvalue weighted by atomic mass is 19.1. The topological polar surface area (TPSA) is 37.4 Å². The Labute approximate surface area is 134 Å². The SMILES string of the molecule is CCc1ccc(F)c(CC)c1N1C(=O)c2cccc(C)c2C1=O. The molecule has 0 spiro atoms. The van der Waals surface area contributed by atoms with Gasteiger partial charge in [0, 0.05) is 5.56 Å². The summed E-state index contributed by atoms with van der Waals surface area (Å²) in [5, 5.41) is 0. The first-order valence-electron chi connectivity index (χ1n) is 7.79. The van der Waals surface area contributed by atoms with Gasteiger partial charge in [0.1, 0.15) is 5.82 Å². The van der Waals surface area contributed by atoms with Crippen molar-refractivity contribution < 1.29 is 14.0 Å². The predicted octanol–water partition coefficient (Wildman–Crippen LogP) is 4.06. The van der Waals surface area contributed by atoms with E-state index in [0.29, 0.717) is 35.2 Å². The third-order valence-electron chi connectivity index (χ3n) is 4.39. The van der Waals surface area contributed by atoms with Crippen molar-refractivity contribution in [2.45, 2.75) is 33.6 Å². The first-order valence-corrected chi connectivity index (χ1v) is 7.79. The second-order valence-electron chi connectivity index (χ2n) is 5.68. The molecule has 0 aromatic heterocycles. The molecule has 0 unspecified atom stereocenters. The van der Waals surface area contributed by atoms with Gasteiger partial charge < -0.3 is 0 Å². The maximum atomic E-state index is 14.2. The molecule has 3 rings (SSSR count). The van der Waals surface area contributed by atoms with Crippen LogP contribution < -0.4 is 4.90 Å². The number of rotatable bonds is 3. The largest absolute Gasteiger partial charge is 0.268 e. The lowest BCUT2D eigenvalue weighted by Gasteiger charge is -2.21. The molecule has 0 saturated carbocycles. The Kier molecular flexibility index (Phi) is 3.76. The van der Waals surface area contributed by atoms with Crippen molar-refractivity contribution in [2.75, 3.05) is 4.90 Å². The van der Waals surface area contributed by atoms with Crippen molar-refractivity contribution in [2.24, 2.45) is 0 Å². The Balaban J connectivity index is 2.26. The summed E-state index contributed by atoms with van der Waals surface area (Å²) in [6.07, 6.45) is 1.04. The zero-order valence-corrected chi connectivity index (χ0v) is 13.4. The zero-order chi connectivity index (χ0) is 16.7. The molecular formula is C19H18FNO2. The second-order valence-corrected chi connectivity index (χ2v) is 5.68. The number of hydrogen-bond acceptors (Lipinski definition) is 2. The summed E-state index contributed by atoms with van der Waals surface area (Å²) in [5.41, 5.74) is 3.21. The molecule has 0 aliphatic carbocycles. The Hall–Kier alpha value is -2.49. The summed E-state index contributed by atoms with van der Waals surface area (Å²) < 4.78 is 14.2. The number of benzene rings is 2. The van der Waals surface area contributed by atoms with Crippen LogP contribution in [0.4, 0.5) is 10.1 Å². The number of hydrogen-bond donors (Lipinski definition) is 0. The fourth-order valence-corrected chi connectivity index (χ4v) is 3.22. The minimum Gasteiger partial charge on any atom is -0.268 e. The number of aryl methyl sites for hydroxylation is 2. The van der Waals surface area contributed by atoms with Crippen LogP contribution in [0.2, 0.25) is 0 Å². The lowest BCUT2D eigenvalue weighted by atomic mass is 10.0. The molecule has 2 aromatic rings. The second kappa shape index (κ2) is 5.61. The van der Waals surface area contributed by atoms with Gasteiger partial charge >= 0.3 is 0 Å². The van der Waals surface area contributed by atoms with Gasteiger partial charge in [0.25, 0.3) is 11.8 Å². The minimum atomic E-state index is -0.382.